The Balaban J connectivity index is 0.000000375. The molecule has 0 aliphatic carbocycles. The van der Waals surface area contributed by atoms with Gasteiger partial charge >= 0.3 is 203 Å². The molecule has 3 aromatic heterocycles. The molecule has 0 unspecified atom stereocenters. The Labute approximate surface area is 413 Å². The van der Waals surface area contributed by atoms with Crippen molar-refractivity contribution in [1.82, 2.24) is 14.5 Å². The van der Waals surface area contributed by atoms with E-state index in [1.807, 2.05) is 48.5 Å². The minimum Gasteiger partial charge on any atom is -0.305 e. The summed E-state index contributed by atoms with van der Waals surface area (Å²) in [4.78, 5) is 11.1. The molecule has 10 aromatic rings. The van der Waals surface area contributed by atoms with E-state index >= 15 is 0 Å². The molecule has 1 aliphatic rings. The minimum atomic E-state index is -1.77. The number of furan rings is 1. The number of aromatic nitrogens is 3. The van der Waals surface area contributed by atoms with Crippen LogP contribution >= 0.6 is 0 Å². The van der Waals surface area contributed by atoms with Gasteiger partial charge in [0.25, 0.3) is 0 Å². The van der Waals surface area contributed by atoms with Crippen molar-refractivity contribution in [2.24, 2.45) is 0 Å². The first-order chi connectivity index (χ1) is 31.8. The van der Waals surface area contributed by atoms with Crippen molar-refractivity contribution in [2.45, 2.75) is 74.3 Å². The molecule has 67 heavy (non-hydrogen) atoms. The fourth-order valence-corrected chi connectivity index (χ4v) is 35.1. The van der Waals surface area contributed by atoms with E-state index in [1.54, 1.807) is 16.9 Å². The van der Waals surface area contributed by atoms with E-state index in [9.17, 15) is 0 Å². The van der Waals surface area contributed by atoms with Gasteiger partial charge < -0.3 is 9.40 Å². The van der Waals surface area contributed by atoms with E-state index in [0.717, 1.165) is 61.2 Å². The third-order valence-corrected chi connectivity index (χ3v) is 31.5. The molecule has 0 spiro atoms. The summed E-state index contributed by atoms with van der Waals surface area (Å²) in [6, 6.07) is 62.6. The van der Waals surface area contributed by atoms with Crippen molar-refractivity contribution in [3.05, 3.63) is 193 Å². The van der Waals surface area contributed by atoms with Crippen molar-refractivity contribution >= 4 is 59.5 Å². The number of benzene rings is 7. The normalized spacial score (nSPS) is 13.9. The summed E-state index contributed by atoms with van der Waals surface area (Å²) >= 11 is -1.77. The van der Waals surface area contributed by atoms with Crippen LogP contribution in [0.25, 0.3) is 83.6 Å². The molecular formula is C60H57GeIrN3OSi-2. The fraction of sp³-hybridized carbons (Fsp3) is 0.200. The Bertz CT molecular complexity index is 3310. The molecular weight excluding hydrogens is 1070 g/mol. The van der Waals surface area contributed by atoms with Crippen molar-refractivity contribution in [3.8, 4) is 50.6 Å². The Morgan fingerprint density at radius 3 is 2.07 bits per heavy atom. The summed E-state index contributed by atoms with van der Waals surface area (Å²) in [5.41, 5.74) is 17.1. The van der Waals surface area contributed by atoms with E-state index in [-0.39, 0.29) is 31.9 Å². The number of fused-ring (bicyclic) bond motifs is 5. The molecule has 0 fully saturated rings. The quantitative estimate of drug-likeness (QED) is 0.118. The van der Waals surface area contributed by atoms with Crippen LogP contribution in [0.15, 0.2) is 168 Å². The van der Waals surface area contributed by atoms with Gasteiger partial charge in [0.1, 0.15) is 5.58 Å². The molecule has 4 heterocycles. The monoisotopic (exact) mass is 1130 g/mol. The van der Waals surface area contributed by atoms with E-state index in [1.165, 1.54) is 43.6 Å². The van der Waals surface area contributed by atoms with Crippen LogP contribution in [0.2, 0.25) is 29.5 Å². The zero-order valence-corrected chi connectivity index (χ0v) is 45.2. The number of pyridine rings is 1. The molecule has 7 aromatic carbocycles. The number of hydrogen-bond acceptors (Lipinski definition) is 3. The molecule has 0 saturated heterocycles. The zero-order chi connectivity index (χ0) is 45.7. The first-order valence-electron chi connectivity index (χ1n) is 23.5. The second-order valence-corrected chi connectivity index (χ2v) is 36.8. The van der Waals surface area contributed by atoms with E-state index in [0.29, 0.717) is 0 Å². The molecule has 0 saturated carbocycles. The third kappa shape index (κ3) is 9.10. The number of imidazole rings is 1. The summed E-state index contributed by atoms with van der Waals surface area (Å²) in [6.07, 6.45) is 1.79. The first kappa shape index (κ1) is 46.5. The Morgan fingerprint density at radius 1 is 0.657 bits per heavy atom. The van der Waals surface area contributed by atoms with Gasteiger partial charge in [0.05, 0.1) is 5.58 Å². The van der Waals surface area contributed by atoms with Crippen molar-refractivity contribution in [1.29, 1.82) is 0 Å². The first-order valence-corrected chi connectivity index (χ1v) is 33.8. The number of hydrogen-bond donors (Lipinski definition) is 0. The summed E-state index contributed by atoms with van der Waals surface area (Å²) in [5, 5.41) is 5.20. The zero-order valence-electron chi connectivity index (χ0n) is 39.7. The number of para-hydroxylation sites is 2. The smallest absolute Gasteiger partial charge is 0.0160 e. The fourth-order valence-electron chi connectivity index (χ4n) is 10.6. The second-order valence-electron chi connectivity index (χ2n) is 20.1. The predicted molar refractivity (Wildman–Crippen MR) is 283 cm³/mol. The van der Waals surface area contributed by atoms with E-state index in [2.05, 4.69) is 183 Å². The molecule has 7 heteroatoms. The molecule has 0 atom stereocenters. The van der Waals surface area contributed by atoms with Crippen LogP contribution in [0.5, 0.6) is 0 Å². The molecule has 1 aliphatic heterocycles. The van der Waals surface area contributed by atoms with Gasteiger partial charge in [-0.25, -0.2) is 0 Å². The molecule has 0 amide bonds. The Hall–Kier alpha value is -5.63. The summed E-state index contributed by atoms with van der Waals surface area (Å²) in [7, 11) is -1.51. The van der Waals surface area contributed by atoms with Crippen LogP contribution in [0.1, 0.15) is 56.2 Å². The number of nitrogens with zero attached hydrogens (tertiary/aromatic N) is 3. The van der Waals surface area contributed by atoms with Gasteiger partial charge in [0, 0.05) is 31.7 Å². The summed E-state index contributed by atoms with van der Waals surface area (Å²) in [6.45, 7) is 14.5. The van der Waals surface area contributed by atoms with E-state index in [4.69, 9.17) is 9.40 Å². The topological polar surface area (TPSA) is 43.9 Å². The SMILES string of the molecule is CC(C)c1cc(-c2ccc3c(c2)[Si](C)(C)[CH2][Ge]([CH3])([CH3])[CH2]3)cc(C(C)C)c1-n1c(-c2[c-]ccc3c2oc2cc(-c4ccccc4)ccc23)nc2ccccc21.[Ir].[c-]1ccccc1-c1ccccn1. The average molecular weight is 1130 g/mol. The van der Waals surface area contributed by atoms with Crippen LogP contribution in [0.3, 0.4) is 0 Å². The van der Waals surface area contributed by atoms with Crippen LogP contribution in [0, 0.1) is 12.1 Å². The largest absolute Gasteiger partial charge is 0.305 e. The second kappa shape index (κ2) is 18.8. The van der Waals surface area contributed by atoms with Gasteiger partial charge in [-0.3, -0.25) is 0 Å². The molecule has 4 nitrogen and oxygen atoms in total. The average Bonchev–Trinajstić information content (AvgIpc) is 3.90. The predicted octanol–water partition coefficient (Wildman–Crippen LogP) is 15.8. The van der Waals surface area contributed by atoms with E-state index < -0.39 is 21.3 Å². The van der Waals surface area contributed by atoms with Gasteiger partial charge in [-0.15, -0.1) is 54.1 Å². The van der Waals surface area contributed by atoms with Crippen LogP contribution < -0.4 is 5.19 Å². The Kier molecular flexibility index (Phi) is 13.0. The molecule has 337 valence electrons. The standard InChI is InChI=1S/C49H49GeN2OSi.C11H8N.Ir/c1-31(2)41-25-37(35-21-22-36-29-50(5,6)30-54(7,8)46(36)28-35)26-42(32(3)4)47(41)52-44-20-13-12-19-43(44)51-49(52)40-18-14-17-39-38-24-23-34(27-45(38)53-48(39)40)33-15-10-9-11-16-33;1-2-6-10(7-3-1)11-8-4-5-9-12-11;/h9-17,19-28,31-32H,29-30H2,1-8H3;1-6,8-9H;/q2*-1;. The summed E-state index contributed by atoms with van der Waals surface area (Å²) < 4.78 is 9.23. The van der Waals surface area contributed by atoms with Gasteiger partial charge in [-0.05, 0) is 35.0 Å². The number of rotatable bonds is 7. The maximum atomic E-state index is 6.82. The van der Waals surface area contributed by atoms with Gasteiger partial charge in [0.2, 0.25) is 0 Å². The van der Waals surface area contributed by atoms with Crippen molar-refractivity contribution in [3.63, 3.8) is 0 Å². The van der Waals surface area contributed by atoms with Crippen LogP contribution in [0.4, 0.5) is 0 Å². The maximum Gasteiger partial charge on any atom is 0.0160 e. The molecule has 0 bridgehead atoms. The van der Waals surface area contributed by atoms with Gasteiger partial charge in [-0.2, -0.15) is 0 Å². The Morgan fingerprint density at radius 2 is 1.36 bits per heavy atom. The summed E-state index contributed by atoms with van der Waals surface area (Å²) in [5.74, 6) is 6.69. The minimum absolute atomic E-state index is 0. The van der Waals surface area contributed by atoms with Crippen LogP contribution in [-0.2, 0) is 25.4 Å². The van der Waals surface area contributed by atoms with Crippen molar-refractivity contribution < 1.29 is 24.5 Å². The maximum absolute atomic E-state index is 6.82. The van der Waals surface area contributed by atoms with Gasteiger partial charge in [0.15, 0.2) is 0 Å². The molecule has 11 rings (SSSR count). The molecule has 0 N–H and O–H groups in total. The van der Waals surface area contributed by atoms with Gasteiger partial charge in [-0.1, -0.05) is 72.1 Å². The van der Waals surface area contributed by atoms with Crippen LogP contribution in [-0.4, -0.2) is 35.9 Å². The molecule has 1 radical (unpaired) electrons. The third-order valence-electron chi connectivity index (χ3n) is 13.4. The van der Waals surface area contributed by atoms with Crippen molar-refractivity contribution in [2.75, 3.05) is 0 Å².